The summed E-state index contributed by atoms with van der Waals surface area (Å²) < 4.78 is 40.0. The van der Waals surface area contributed by atoms with E-state index in [0.29, 0.717) is 18.4 Å². The van der Waals surface area contributed by atoms with E-state index in [-0.39, 0.29) is 12.5 Å². The van der Waals surface area contributed by atoms with Crippen LogP contribution in [0.2, 0.25) is 0 Å². The predicted molar refractivity (Wildman–Crippen MR) is 106 cm³/mol. The number of carbonyl (C=O) groups excluding carboxylic acids is 1. The molecule has 1 aromatic carbocycles. The van der Waals surface area contributed by atoms with Gasteiger partial charge in [-0.15, -0.1) is 0 Å². The third kappa shape index (κ3) is 3.72. The fraction of sp³-hybridized carbons (Fsp3) is 0.227. The van der Waals surface area contributed by atoms with Crippen LogP contribution in [0.3, 0.4) is 0 Å². The van der Waals surface area contributed by atoms with Gasteiger partial charge in [-0.1, -0.05) is 6.07 Å². The molecular formula is C22H18F3N3O2. The van der Waals surface area contributed by atoms with Gasteiger partial charge in [-0.2, -0.15) is 13.2 Å². The predicted octanol–water partition coefficient (Wildman–Crippen LogP) is 3.89. The van der Waals surface area contributed by atoms with Crippen molar-refractivity contribution in [3.63, 3.8) is 0 Å². The van der Waals surface area contributed by atoms with Gasteiger partial charge >= 0.3 is 6.18 Å². The number of alkyl halides is 3. The number of carbonyl (C=O) groups is 1. The highest BCUT2D eigenvalue weighted by atomic mass is 19.4. The highest BCUT2D eigenvalue weighted by Gasteiger charge is 2.34. The minimum Gasteiger partial charge on any atom is -0.315 e. The Bertz CT molecular complexity index is 1180. The summed E-state index contributed by atoms with van der Waals surface area (Å²) in [4.78, 5) is 29.9. The third-order valence-electron chi connectivity index (χ3n) is 5.23. The van der Waals surface area contributed by atoms with Crippen LogP contribution in [-0.2, 0) is 23.9 Å². The summed E-state index contributed by atoms with van der Waals surface area (Å²) >= 11 is 0. The third-order valence-corrected chi connectivity index (χ3v) is 5.23. The van der Waals surface area contributed by atoms with Crippen molar-refractivity contribution in [2.75, 3.05) is 11.9 Å². The van der Waals surface area contributed by atoms with Crippen molar-refractivity contribution in [3.8, 4) is 11.1 Å². The molecule has 30 heavy (non-hydrogen) atoms. The van der Waals surface area contributed by atoms with Gasteiger partial charge in [-0.3, -0.25) is 14.6 Å². The molecule has 1 aliphatic heterocycles. The smallest absolute Gasteiger partial charge is 0.315 e. The highest BCUT2D eigenvalue weighted by molar-refractivity contribution is 5.96. The second-order valence-electron chi connectivity index (χ2n) is 7.23. The number of aromatic nitrogens is 2. The molecule has 0 N–H and O–H groups in total. The zero-order chi connectivity index (χ0) is 21.5. The molecule has 0 spiro atoms. The lowest BCUT2D eigenvalue weighted by atomic mass is 9.96. The molecule has 154 valence electrons. The van der Waals surface area contributed by atoms with Crippen molar-refractivity contribution in [2.24, 2.45) is 0 Å². The lowest BCUT2D eigenvalue weighted by Crippen LogP contribution is -2.30. The van der Waals surface area contributed by atoms with E-state index in [1.807, 2.05) is 18.2 Å². The van der Waals surface area contributed by atoms with E-state index in [0.717, 1.165) is 33.0 Å². The molecule has 8 heteroatoms. The first-order chi connectivity index (χ1) is 14.2. The molecule has 1 aliphatic rings. The van der Waals surface area contributed by atoms with Crippen molar-refractivity contribution >= 4 is 11.6 Å². The summed E-state index contributed by atoms with van der Waals surface area (Å²) in [5.41, 5.74) is 1.93. The number of pyridine rings is 2. The molecule has 0 aliphatic carbocycles. The Hall–Kier alpha value is -3.42. The Labute approximate surface area is 170 Å². The topological polar surface area (TPSA) is 55.2 Å². The molecule has 3 aromatic rings. The first-order valence-electron chi connectivity index (χ1n) is 9.34. The largest absolute Gasteiger partial charge is 0.421 e. The Balaban J connectivity index is 1.65. The molecule has 0 saturated carbocycles. The number of aryl methyl sites for hydroxylation is 1. The van der Waals surface area contributed by atoms with Gasteiger partial charge in [0, 0.05) is 43.3 Å². The van der Waals surface area contributed by atoms with Gasteiger partial charge in [0.2, 0.25) is 5.91 Å². The standard InChI is InChI=1S/C22H18F3N3O2/c1-27-19-6-4-15(10-16(19)5-7-20(27)29)17-9-14(11-26-12-17)13-28-8-2-3-18(21(28)30)22(23,24)25/h2-4,6,8-12H,5,7,13H2,1H3. The van der Waals surface area contributed by atoms with Gasteiger partial charge in [-0.25, -0.2) is 0 Å². The summed E-state index contributed by atoms with van der Waals surface area (Å²) in [6.07, 6.45) is 0.926. The number of hydrogen-bond donors (Lipinski definition) is 0. The van der Waals surface area contributed by atoms with Crippen LogP contribution in [-0.4, -0.2) is 22.5 Å². The average Bonchev–Trinajstić information content (AvgIpc) is 2.71. The van der Waals surface area contributed by atoms with Crippen LogP contribution in [0.4, 0.5) is 18.9 Å². The first-order valence-corrected chi connectivity index (χ1v) is 9.34. The van der Waals surface area contributed by atoms with Gasteiger partial charge < -0.3 is 9.47 Å². The lowest BCUT2D eigenvalue weighted by molar-refractivity contribution is -0.139. The Morgan fingerprint density at radius 3 is 2.60 bits per heavy atom. The van der Waals surface area contributed by atoms with Crippen LogP contribution in [0.1, 0.15) is 23.1 Å². The fourth-order valence-corrected chi connectivity index (χ4v) is 3.64. The maximum atomic E-state index is 13.0. The van der Waals surface area contributed by atoms with E-state index >= 15 is 0 Å². The summed E-state index contributed by atoms with van der Waals surface area (Å²) in [5, 5.41) is 0. The molecule has 0 saturated heterocycles. The van der Waals surface area contributed by atoms with Gasteiger partial charge in [0.05, 0.1) is 6.54 Å². The zero-order valence-electron chi connectivity index (χ0n) is 16.1. The number of nitrogens with zero attached hydrogens (tertiary/aromatic N) is 3. The van der Waals surface area contributed by atoms with Crippen molar-refractivity contribution in [1.82, 2.24) is 9.55 Å². The number of fused-ring (bicyclic) bond motifs is 1. The summed E-state index contributed by atoms with van der Waals surface area (Å²) in [6, 6.07) is 9.55. The molecule has 0 atom stereocenters. The van der Waals surface area contributed by atoms with E-state index in [1.165, 1.54) is 18.5 Å². The van der Waals surface area contributed by atoms with Crippen LogP contribution in [0, 0.1) is 0 Å². The fourth-order valence-electron chi connectivity index (χ4n) is 3.64. The normalized spacial score (nSPS) is 14.0. The number of anilines is 1. The quantitative estimate of drug-likeness (QED) is 0.655. The van der Waals surface area contributed by atoms with E-state index in [1.54, 1.807) is 24.2 Å². The first kappa shape index (κ1) is 19.9. The molecule has 4 rings (SSSR count). The van der Waals surface area contributed by atoms with Crippen molar-refractivity contribution < 1.29 is 18.0 Å². The summed E-state index contributed by atoms with van der Waals surface area (Å²) in [6.45, 7) is -0.0220. The number of hydrogen-bond acceptors (Lipinski definition) is 3. The summed E-state index contributed by atoms with van der Waals surface area (Å²) in [5.74, 6) is 0.0745. The van der Waals surface area contributed by atoms with Crippen LogP contribution < -0.4 is 10.5 Å². The van der Waals surface area contributed by atoms with Gasteiger partial charge in [0.25, 0.3) is 5.56 Å². The van der Waals surface area contributed by atoms with E-state index in [9.17, 15) is 22.8 Å². The molecule has 0 unspecified atom stereocenters. The van der Waals surface area contributed by atoms with E-state index in [4.69, 9.17) is 0 Å². The van der Waals surface area contributed by atoms with Gasteiger partial charge in [-0.05, 0) is 53.4 Å². The number of halogens is 3. The zero-order valence-corrected chi connectivity index (χ0v) is 16.1. The van der Waals surface area contributed by atoms with Crippen LogP contribution >= 0.6 is 0 Å². The Morgan fingerprint density at radius 2 is 1.83 bits per heavy atom. The minimum absolute atomic E-state index is 0.0220. The van der Waals surface area contributed by atoms with Gasteiger partial charge in [0.1, 0.15) is 5.56 Å². The average molecular weight is 413 g/mol. The number of amides is 1. The van der Waals surface area contributed by atoms with Crippen molar-refractivity contribution in [2.45, 2.75) is 25.6 Å². The van der Waals surface area contributed by atoms with Crippen LogP contribution in [0.25, 0.3) is 11.1 Å². The molecule has 5 nitrogen and oxygen atoms in total. The van der Waals surface area contributed by atoms with Crippen molar-refractivity contribution in [1.29, 1.82) is 0 Å². The van der Waals surface area contributed by atoms with Crippen molar-refractivity contribution in [3.05, 3.63) is 82.0 Å². The van der Waals surface area contributed by atoms with Crippen LogP contribution in [0.15, 0.2) is 59.8 Å². The molecule has 0 fully saturated rings. The maximum absolute atomic E-state index is 13.0. The minimum atomic E-state index is -4.70. The van der Waals surface area contributed by atoms with Gasteiger partial charge in [0.15, 0.2) is 0 Å². The summed E-state index contributed by atoms with van der Waals surface area (Å²) in [7, 11) is 1.75. The number of benzene rings is 1. The molecule has 0 radical (unpaired) electrons. The molecule has 2 aromatic heterocycles. The molecule has 1 amide bonds. The Morgan fingerprint density at radius 1 is 1.03 bits per heavy atom. The molecular weight excluding hydrogens is 395 g/mol. The second-order valence-corrected chi connectivity index (χ2v) is 7.23. The second kappa shape index (κ2) is 7.44. The SMILES string of the molecule is CN1C(=O)CCc2cc(-c3cncc(Cn4cccc(C(F)(F)F)c4=O)c3)ccc21. The van der Waals surface area contributed by atoms with Crippen LogP contribution in [0.5, 0.6) is 0 Å². The van der Waals surface area contributed by atoms with E-state index < -0.39 is 17.3 Å². The maximum Gasteiger partial charge on any atom is 0.421 e. The molecule has 0 bridgehead atoms. The molecule has 3 heterocycles. The monoisotopic (exact) mass is 413 g/mol. The lowest BCUT2D eigenvalue weighted by Gasteiger charge is -2.26. The highest BCUT2D eigenvalue weighted by Crippen LogP contribution is 2.31. The number of rotatable bonds is 3. The van der Waals surface area contributed by atoms with E-state index in [2.05, 4.69) is 4.98 Å². The Kier molecular flexibility index (Phi) is 4.93.